The highest BCUT2D eigenvalue weighted by Crippen LogP contribution is 2.57. The summed E-state index contributed by atoms with van der Waals surface area (Å²) in [5, 5.41) is 0. The molecule has 0 aromatic heterocycles. The molecule has 0 spiro atoms. The Balaban J connectivity index is 4.25. The monoisotopic (exact) mass is 338 g/mol. The van der Waals surface area contributed by atoms with Crippen molar-refractivity contribution in [2.24, 2.45) is 11.8 Å². The molecular weight excluding hydrogens is 301 g/mol. The molecule has 0 rings (SSSR count). The molecular formula is C16H37NO4P+2. The van der Waals surface area contributed by atoms with Crippen molar-refractivity contribution >= 4 is 8.17 Å². The van der Waals surface area contributed by atoms with Crippen LogP contribution in [0.15, 0.2) is 0 Å². The van der Waals surface area contributed by atoms with E-state index in [9.17, 15) is 4.89 Å². The molecule has 133 valence electrons. The van der Waals surface area contributed by atoms with Gasteiger partial charge in [0.2, 0.25) is 0 Å². The summed E-state index contributed by atoms with van der Waals surface area (Å²) in [5.41, 5.74) is 0. The average Bonchev–Trinajstić information content (AvgIpc) is 2.55. The van der Waals surface area contributed by atoms with Gasteiger partial charge in [0.05, 0.1) is 4.89 Å². The van der Waals surface area contributed by atoms with Gasteiger partial charge in [-0.1, -0.05) is 66.2 Å². The molecule has 5 nitrogen and oxygen atoms in total. The van der Waals surface area contributed by atoms with E-state index in [1.54, 1.807) is 0 Å². The van der Waals surface area contributed by atoms with E-state index in [1.165, 1.54) is 0 Å². The molecule has 0 amide bonds. The second kappa shape index (κ2) is 13.6. The molecule has 0 heterocycles. The van der Waals surface area contributed by atoms with E-state index < -0.39 is 8.17 Å². The fourth-order valence-electron chi connectivity index (χ4n) is 2.30. The maximum absolute atomic E-state index is 12.4. The molecule has 0 aliphatic carbocycles. The maximum atomic E-state index is 12.4. The van der Waals surface area contributed by atoms with Crippen LogP contribution < -0.4 is 5.90 Å². The minimum absolute atomic E-state index is 0.397. The molecule has 0 saturated heterocycles. The van der Waals surface area contributed by atoms with E-state index >= 15 is 0 Å². The van der Waals surface area contributed by atoms with Gasteiger partial charge in [0, 0.05) is 4.62 Å². The van der Waals surface area contributed by atoms with Gasteiger partial charge in [-0.05, 0) is 24.7 Å². The lowest BCUT2D eigenvalue weighted by Gasteiger charge is -2.17. The third-order valence-corrected chi connectivity index (χ3v) is 5.43. The Morgan fingerprint density at radius 2 is 1.27 bits per heavy atom. The Morgan fingerprint density at radius 1 is 0.864 bits per heavy atom. The van der Waals surface area contributed by atoms with E-state index in [-0.39, 0.29) is 0 Å². The summed E-state index contributed by atoms with van der Waals surface area (Å²) in [4.78, 5) is 12.4. The minimum Gasteiger partial charge on any atom is -0.164 e. The summed E-state index contributed by atoms with van der Waals surface area (Å²) in [6.45, 7) is 9.41. The average molecular weight is 338 g/mol. The van der Waals surface area contributed by atoms with Gasteiger partial charge in [-0.25, -0.2) is 0 Å². The van der Waals surface area contributed by atoms with Gasteiger partial charge >= 0.3 is 8.17 Å². The smallest absolute Gasteiger partial charge is 0.164 e. The number of unbranched alkanes of at least 4 members (excludes halogenated alkanes) is 2. The lowest BCUT2D eigenvalue weighted by molar-refractivity contribution is -0.647. The molecule has 22 heavy (non-hydrogen) atoms. The first-order valence-electron chi connectivity index (χ1n) is 8.87. The molecule has 1 radical (unpaired) electrons. The predicted octanol–water partition coefficient (Wildman–Crippen LogP) is 4.73. The van der Waals surface area contributed by atoms with Crippen LogP contribution in [0.25, 0.3) is 0 Å². The van der Waals surface area contributed by atoms with E-state index in [1.807, 2.05) is 0 Å². The number of quaternary nitrogens is 1. The molecule has 0 aromatic carbocycles. The van der Waals surface area contributed by atoms with Crippen LogP contribution in [0.5, 0.6) is 0 Å². The van der Waals surface area contributed by atoms with Gasteiger partial charge in [-0.15, -0.1) is 9.05 Å². The Labute approximate surface area is 137 Å². The van der Waals surface area contributed by atoms with Crippen molar-refractivity contribution < 1.29 is 24.5 Å². The highest BCUT2D eigenvalue weighted by molar-refractivity contribution is 7.54. The van der Waals surface area contributed by atoms with E-state index in [0.29, 0.717) is 25.0 Å². The van der Waals surface area contributed by atoms with Crippen LogP contribution in [0.3, 0.4) is 0 Å². The predicted molar refractivity (Wildman–Crippen MR) is 90.1 cm³/mol. The standard InChI is InChI=1S/C16H37NO4P/c1-5-9-11-15(7-3)13-19-22(18,21-17)20-14-16(8-4)12-10-6-2/h15-16H,5-14H2,1-4,17H3/q+2. The minimum atomic E-state index is -3.51. The van der Waals surface area contributed by atoms with Crippen LogP contribution in [0.2, 0.25) is 0 Å². The number of hydrogen-bond acceptors (Lipinski definition) is 3. The molecule has 3 N–H and O–H groups in total. The van der Waals surface area contributed by atoms with Crippen LogP contribution in [-0.2, 0) is 18.6 Å². The van der Waals surface area contributed by atoms with Crippen molar-refractivity contribution in [2.75, 3.05) is 13.2 Å². The highest BCUT2D eigenvalue weighted by Gasteiger charge is 2.51. The molecule has 0 aliphatic rings. The normalized spacial score (nSPS) is 17.2. The van der Waals surface area contributed by atoms with E-state index in [4.69, 9.17) is 13.7 Å². The summed E-state index contributed by atoms with van der Waals surface area (Å²) in [7, 11) is -3.51. The first-order chi connectivity index (χ1) is 10.5. The second-order valence-corrected chi connectivity index (χ2v) is 7.67. The summed E-state index contributed by atoms with van der Waals surface area (Å²) in [6.07, 6.45) is 8.81. The second-order valence-electron chi connectivity index (χ2n) is 6.00. The molecule has 2 atom stereocenters. The Kier molecular flexibility index (Phi) is 13.8. The molecule has 0 saturated carbocycles. The fraction of sp³-hybridized carbons (Fsp3) is 1.00. The van der Waals surface area contributed by atoms with Crippen molar-refractivity contribution in [2.45, 2.75) is 79.1 Å². The number of hydrogen-bond donors (Lipinski definition) is 1. The Morgan fingerprint density at radius 3 is 1.55 bits per heavy atom. The number of rotatable bonds is 15. The van der Waals surface area contributed by atoms with Gasteiger partial charge in [0.15, 0.2) is 0 Å². The topological polar surface area (TPSA) is 75.2 Å². The quantitative estimate of drug-likeness (QED) is 0.346. The van der Waals surface area contributed by atoms with Gasteiger partial charge in [0.1, 0.15) is 13.2 Å². The van der Waals surface area contributed by atoms with Gasteiger partial charge in [-0.3, -0.25) is 0 Å². The zero-order chi connectivity index (χ0) is 16.8. The zero-order valence-corrected chi connectivity index (χ0v) is 15.9. The third-order valence-electron chi connectivity index (χ3n) is 4.18. The summed E-state index contributed by atoms with van der Waals surface area (Å²) in [6, 6.07) is 0. The van der Waals surface area contributed by atoms with E-state index in [2.05, 4.69) is 33.6 Å². The fourth-order valence-corrected chi connectivity index (χ4v) is 3.31. The van der Waals surface area contributed by atoms with Crippen LogP contribution >= 0.6 is 8.17 Å². The van der Waals surface area contributed by atoms with Crippen molar-refractivity contribution in [3.63, 3.8) is 0 Å². The van der Waals surface area contributed by atoms with E-state index in [0.717, 1.165) is 51.4 Å². The van der Waals surface area contributed by atoms with Crippen molar-refractivity contribution in [3.8, 4) is 0 Å². The zero-order valence-electron chi connectivity index (χ0n) is 15.0. The summed E-state index contributed by atoms with van der Waals surface area (Å²) in [5.74, 6) is 4.07. The lowest BCUT2D eigenvalue weighted by Crippen LogP contribution is -2.49. The maximum Gasteiger partial charge on any atom is 0.665 e. The third kappa shape index (κ3) is 10.1. The SMILES string of the molecule is CCCCC(CC)CO[P+]([O])(O[NH3+])OCC(CC)CCCC. The van der Waals surface area contributed by atoms with Crippen LogP contribution in [-0.4, -0.2) is 13.2 Å². The van der Waals surface area contributed by atoms with Crippen molar-refractivity contribution in [3.05, 3.63) is 0 Å². The first kappa shape index (κ1) is 22.2. The van der Waals surface area contributed by atoms with Crippen LogP contribution in [0, 0.1) is 11.8 Å². The highest BCUT2D eigenvalue weighted by atomic mass is 31.2. The van der Waals surface area contributed by atoms with Gasteiger partial charge < -0.3 is 0 Å². The molecule has 2 unspecified atom stereocenters. The first-order valence-corrected chi connectivity index (χ1v) is 10.3. The largest absolute Gasteiger partial charge is 0.665 e. The molecule has 0 bridgehead atoms. The molecule has 0 fully saturated rings. The van der Waals surface area contributed by atoms with Gasteiger partial charge in [0.25, 0.3) is 0 Å². The van der Waals surface area contributed by atoms with Crippen LogP contribution in [0.1, 0.15) is 79.1 Å². The lowest BCUT2D eigenvalue weighted by atomic mass is 10.0. The molecule has 0 aromatic rings. The Bertz CT molecular complexity index is 236. The Hall–Kier alpha value is 0.230. The van der Waals surface area contributed by atoms with Crippen molar-refractivity contribution in [1.29, 1.82) is 0 Å². The van der Waals surface area contributed by atoms with Gasteiger partial charge in [-0.2, -0.15) is 5.90 Å². The summed E-state index contributed by atoms with van der Waals surface area (Å²) < 4.78 is 15.8. The molecule has 6 heteroatoms. The van der Waals surface area contributed by atoms with Crippen LogP contribution in [0.4, 0.5) is 0 Å². The summed E-state index contributed by atoms with van der Waals surface area (Å²) >= 11 is 0. The van der Waals surface area contributed by atoms with Crippen molar-refractivity contribution in [1.82, 2.24) is 0 Å². The molecule has 0 aliphatic heterocycles.